The fraction of sp³-hybridized carbons (Fsp3) is 0.400. The number of hydrogen-bond acceptors (Lipinski definition) is 4. The monoisotopic (exact) mass is 340 g/mol. The molecule has 2 saturated heterocycles. The number of amides is 1. The number of carbonyl (C=O) groups excluding carboxylic acids is 1. The Morgan fingerprint density at radius 3 is 2.64 bits per heavy atom. The second-order valence-corrected chi connectivity index (χ2v) is 5.89. The van der Waals surface area contributed by atoms with Crippen LogP contribution in [0.25, 0.3) is 0 Å². The molecule has 0 radical (unpaired) electrons. The van der Waals surface area contributed by atoms with Gasteiger partial charge in [0.1, 0.15) is 18.5 Å². The summed E-state index contributed by atoms with van der Waals surface area (Å²) in [6.07, 6.45) is 2.27. The zero-order chi connectivity index (χ0) is 17.7. The minimum Gasteiger partial charge on any atom is -0.347 e. The lowest BCUT2D eigenvalue weighted by Crippen LogP contribution is -2.53. The van der Waals surface area contributed by atoms with Gasteiger partial charge in [-0.25, -0.2) is 0 Å². The Labute approximate surface area is 148 Å². The maximum absolute atomic E-state index is 12.6. The molecule has 1 aromatic carbocycles. The molecule has 0 saturated carbocycles. The van der Waals surface area contributed by atoms with E-state index in [0.717, 1.165) is 5.69 Å². The Hall–Kier alpha value is -2.24. The van der Waals surface area contributed by atoms with Crippen LogP contribution in [0.5, 0.6) is 0 Å². The summed E-state index contributed by atoms with van der Waals surface area (Å²) in [5.41, 5.74) is 1.06. The summed E-state index contributed by atoms with van der Waals surface area (Å²) in [5.74, 6) is 0.0377. The van der Waals surface area contributed by atoms with Crippen molar-refractivity contribution < 1.29 is 14.3 Å². The van der Waals surface area contributed by atoms with Crippen LogP contribution in [0.1, 0.15) is 36.3 Å². The number of likely N-dealkylation sites (tertiary alicyclic amines) is 1. The molecule has 4 rings (SSSR count). The molecule has 2 fully saturated rings. The SMILES string of the molecule is CC.O=C(c1ccccc1)N1CCC2(c3ccccn3)OCOC2C1. The van der Waals surface area contributed by atoms with E-state index in [1.54, 1.807) is 6.20 Å². The standard InChI is InChI=1S/C18H18N2O3.C2H6/c21-17(14-6-2-1-3-7-14)20-11-9-18(15-8-4-5-10-19-15)16(12-20)22-13-23-18;1-2/h1-8,10,16H,9,11-13H2;1-2H3. The third kappa shape index (κ3) is 3.30. The number of fused-ring (bicyclic) bond motifs is 1. The average Bonchev–Trinajstić information content (AvgIpc) is 3.14. The molecular formula is C20H24N2O3. The summed E-state index contributed by atoms with van der Waals surface area (Å²) >= 11 is 0. The summed E-state index contributed by atoms with van der Waals surface area (Å²) in [5, 5.41) is 0. The summed E-state index contributed by atoms with van der Waals surface area (Å²) in [4.78, 5) is 18.9. The van der Waals surface area contributed by atoms with Gasteiger partial charge in [-0.05, 0) is 24.3 Å². The van der Waals surface area contributed by atoms with Crippen molar-refractivity contribution in [2.45, 2.75) is 32.0 Å². The molecule has 0 spiro atoms. The van der Waals surface area contributed by atoms with Gasteiger partial charge >= 0.3 is 0 Å². The van der Waals surface area contributed by atoms with Crippen LogP contribution in [0.3, 0.4) is 0 Å². The van der Waals surface area contributed by atoms with E-state index in [-0.39, 0.29) is 18.8 Å². The van der Waals surface area contributed by atoms with E-state index in [1.807, 2.05) is 67.3 Å². The lowest BCUT2D eigenvalue weighted by Gasteiger charge is -2.41. The lowest BCUT2D eigenvalue weighted by atomic mass is 9.85. The third-order valence-electron chi connectivity index (χ3n) is 4.65. The Kier molecular flexibility index (Phi) is 5.46. The number of rotatable bonds is 2. The van der Waals surface area contributed by atoms with E-state index in [1.165, 1.54) is 0 Å². The number of pyridine rings is 1. The minimum atomic E-state index is -0.533. The van der Waals surface area contributed by atoms with Crippen LogP contribution in [-0.2, 0) is 15.1 Å². The van der Waals surface area contributed by atoms with Crippen molar-refractivity contribution in [2.24, 2.45) is 0 Å². The molecule has 3 heterocycles. The van der Waals surface area contributed by atoms with Crippen molar-refractivity contribution in [2.75, 3.05) is 19.9 Å². The van der Waals surface area contributed by atoms with Gasteiger partial charge in [0.2, 0.25) is 0 Å². The van der Waals surface area contributed by atoms with Crippen LogP contribution in [0, 0.1) is 0 Å². The largest absolute Gasteiger partial charge is 0.347 e. The van der Waals surface area contributed by atoms with Gasteiger partial charge in [0.05, 0.1) is 12.2 Å². The quantitative estimate of drug-likeness (QED) is 0.842. The fourth-order valence-corrected chi connectivity index (χ4v) is 3.40. The summed E-state index contributed by atoms with van der Waals surface area (Å²) < 4.78 is 11.7. The maximum atomic E-state index is 12.6. The summed E-state index contributed by atoms with van der Waals surface area (Å²) in [6.45, 7) is 5.39. The molecule has 132 valence electrons. The smallest absolute Gasteiger partial charge is 0.253 e. The van der Waals surface area contributed by atoms with Gasteiger partial charge in [-0.15, -0.1) is 0 Å². The van der Waals surface area contributed by atoms with E-state index >= 15 is 0 Å². The van der Waals surface area contributed by atoms with Crippen molar-refractivity contribution in [3.63, 3.8) is 0 Å². The molecule has 0 aliphatic carbocycles. The van der Waals surface area contributed by atoms with Gasteiger partial charge in [0.25, 0.3) is 5.91 Å². The first-order chi connectivity index (χ1) is 12.3. The van der Waals surface area contributed by atoms with E-state index in [9.17, 15) is 4.79 Å². The second kappa shape index (κ2) is 7.76. The van der Waals surface area contributed by atoms with Gasteiger partial charge in [0, 0.05) is 24.7 Å². The Bertz CT molecular complexity index is 693. The first-order valence-electron chi connectivity index (χ1n) is 8.81. The van der Waals surface area contributed by atoms with Crippen LogP contribution < -0.4 is 0 Å². The van der Waals surface area contributed by atoms with E-state index in [2.05, 4.69) is 4.98 Å². The van der Waals surface area contributed by atoms with Crippen molar-refractivity contribution >= 4 is 5.91 Å². The molecular weight excluding hydrogens is 316 g/mol. The topological polar surface area (TPSA) is 51.7 Å². The predicted octanol–water partition coefficient (Wildman–Crippen LogP) is 3.22. The average molecular weight is 340 g/mol. The summed E-state index contributed by atoms with van der Waals surface area (Å²) in [7, 11) is 0. The number of hydrogen-bond donors (Lipinski definition) is 0. The maximum Gasteiger partial charge on any atom is 0.253 e. The van der Waals surface area contributed by atoms with Crippen molar-refractivity contribution in [1.82, 2.24) is 9.88 Å². The Balaban J connectivity index is 0.000000880. The normalized spacial score (nSPS) is 24.9. The molecule has 0 bridgehead atoms. The van der Waals surface area contributed by atoms with Gasteiger partial charge in [-0.1, -0.05) is 38.1 Å². The van der Waals surface area contributed by atoms with Gasteiger partial charge in [-0.2, -0.15) is 0 Å². The van der Waals surface area contributed by atoms with Crippen molar-refractivity contribution in [1.29, 1.82) is 0 Å². The first kappa shape index (κ1) is 17.6. The van der Waals surface area contributed by atoms with Gasteiger partial charge in [-0.3, -0.25) is 9.78 Å². The number of carbonyl (C=O) groups is 1. The first-order valence-corrected chi connectivity index (χ1v) is 8.81. The molecule has 2 atom stereocenters. The lowest BCUT2D eigenvalue weighted by molar-refractivity contribution is -0.0470. The molecule has 2 aliphatic rings. The number of aromatic nitrogens is 1. The molecule has 2 aliphatic heterocycles. The molecule has 25 heavy (non-hydrogen) atoms. The van der Waals surface area contributed by atoms with Crippen LogP contribution in [0.15, 0.2) is 54.7 Å². The van der Waals surface area contributed by atoms with Crippen LogP contribution in [-0.4, -0.2) is 41.8 Å². The van der Waals surface area contributed by atoms with Gasteiger partial charge in [0.15, 0.2) is 0 Å². The summed E-state index contributed by atoms with van der Waals surface area (Å²) in [6, 6.07) is 15.2. The van der Waals surface area contributed by atoms with Crippen LogP contribution in [0.2, 0.25) is 0 Å². The van der Waals surface area contributed by atoms with Crippen molar-refractivity contribution in [3.05, 3.63) is 66.0 Å². The molecule has 1 amide bonds. The van der Waals surface area contributed by atoms with E-state index in [4.69, 9.17) is 9.47 Å². The van der Waals surface area contributed by atoms with E-state index < -0.39 is 5.60 Å². The molecule has 2 unspecified atom stereocenters. The second-order valence-electron chi connectivity index (χ2n) is 5.89. The molecule has 1 aromatic heterocycles. The molecule has 0 N–H and O–H groups in total. The van der Waals surface area contributed by atoms with E-state index in [0.29, 0.717) is 25.1 Å². The molecule has 5 heteroatoms. The van der Waals surface area contributed by atoms with Crippen LogP contribution >= 0.6 is 0 Å². The number of piperidine rings is 1. The minimum absolute atomic E-state index is 0.0377. The Morgan fingerprint density at radius 1 is 1.16 bits per heavy atom. The fourth-order valence-electron chi connectivity index (χ4n) is 3.40. The zero-order valence-electron chi connectivity index (χ0n) is 14.7. The number of nitrogens with zero attached hydrogens (tertiary/aromatic N) is 2. The highest BCUT2D eigenvalue weighted by molar-refractivity contribution is 5.94. The zero-order valence-corrected chi connectivity index (χ0v) is 14.7. The van der Waals surface area contributed by atoms with Crippen molar-refractivity contribution in [3.8, 4) is 0 Å². The number of ether oxygens (including phenoxy) is 2. The molecule has 5 nitrogen and oxygen atoms in total. The Morgan fingerprint density at radius 2 is 1.92 bits per heavy atom. The molecule has 2 aromatic rings. The van der Waals surface area contributed by atoms with Gasteiger partial charge < -0.3 is 14.4 Å². The highest BCUT2D eigenvalue weighted by Crippen LogP contribution is 2.41. The highest BCUT2D eigenvalue weighted by Gasteiger charge is 2.52. The third-order valence-corrected chi connectivity index (χ3v) is 4.65. The highest BCUT2D eigenvalue weighted by atomic mass is 16.7. The number of benzene rings is 1. The van der Waals surface area contributed by atoms with Crippen LogP contribution in [0.4, 0.5) is 0 Å². The predicted molar refractivity (Wildman–Crippen MR) is 95.1 cm³/mol.